The molecule has 138 valence electrons. The minimum Gasteiger partial charge on any atom is -0.463 e. The molecule has 0 aromatic carbocycles. The van der Waals surface area contributed by atoms with E-state index >= 15 is 0 Å². The Hall–Kier alpha value is -1.06. The number of carbonyl (C=O) groups excluding carboxylic acids is 2. The van der Waals surface area contributed by atoms with Crippen LogP contribution in [-0.4, -0.2) is 30.5 Å². The van der Waals surface area contributed by atoms with Crippen LogP contribution in [0.2, 0.25) is 0 Å². The van der Waals surface area contributed by atoms with Gasteiger partial charge in [0.25, 0.3) is 0 Å². The van der Waals surface area contributed by atoms with Crippen LogP contribution < -0.4 is 0 Å². The van der Waals surface area contributed by atoms with E-state index in [9.17, 15) is 9.59 Å². The Morgan fingerprint density at radius 2 is 1.54 bits per heavy atom. The lowest BCUT2D eigenvalue weighted by Gasteiger charge is -2.12. The number of aliphatic imine (C=N–C) groups is 1. The number of ether oxygens (including phenoxy) is 1. The molecule has 0 saturated carbocycles. The molecule has 0 aromatic rings. The summed E-state index contributed by atoms with van der Waals surface area (Å²) in [5, 5.41) is 0. The Labute approximate surface area is 152 Å². The van der Waals surface area contributed by atoms with E-state index in [4.69, 9.17) is 4.74 Å². The van der Waals surface area contributed by atoms with Crippen molar-refractivity contribution in [2.75, 3.05) is 12.4 Å². The number of carbonyl (C=O) groups is 1. The molecule has 0 heterocycles. The number of unbranched alkanes of at least 4 members (excludes halogenated alkanes) is 9. The van der Waals surface area contributed by atoms with Gasteiger partial charge in [0.05, 0.1) is 18.2 Å². The van der Waals surface area contributed by atoms with Crippen molar-refractivity contribution in [3.8, 4) is 0 Å². The van der Waals surface area contributed by atoms with Crippen LogP contribution in [0.4, 0.5) is 0 Å². The molecule has 4 nitrogen and oxygen atoms in total. The molecule has 0 N–H and O–H groups in total. The molecular formula is C19H33NO3S. The fourth-order valence-corrected chi connectivity index (χ4v) is 2.83. The van der Waals surface area contributed by atoms with E-state index in [1.807, 2.05) is 0 Å². The van der Waals surface area contributed by atoms with Crippen molar-refractivity contribution >= 4 is 24.7 Å². The van der Waals surface area contributed by atoms with Gasteiger partial charge in [0, 0.05) is 0 Å². The van der Waals surface area contributed by atoms with E-state index in [0.29, 0.717) is 13.0 Å². The molecule has 0 aromatic heterocycles. The van der Waals surface area contributed by atoms with Gasteiger partial charge in [-0.2, -0.15) is 17.6 Å². The maximum Gasteiger partial charge on any atom is 0.335 e. The van der Waals surface area contributed by atoms with Crippen LogP contribution in [0, 0.1) is 0 Å². The van der Waals surface area contributed by atoms with Crippen LogP contribution in [0.25, 0.3) is 0 Å². The zero-order valence-electron chi connectivity index (χ0n) is 15.1. The largest absolute Gasteiger partial charge is 0.463 e. The van der Waals surface area contributed by atoms with E-state index < -0.39 is 12.0 Å². The van der Waals surface area contributed by atoms with Crippen LogP contribution in [0.15, 0.2) is 17.1 Å². The molecule has 24 heavy (non-hydrogen) atoms. The summed E-state index contributed by atoms with van der Waals surface area (Å²) in [6, 6.07) is -0.492. The summed E-state index contributed by atoms with van der Waals surface area (Å²) in [5.74, 6) is 0.525. The van der Waals surface area contributed by atoms with Gasteiger partial charge in [0.2, 0.25) is 6.08 Å². The van der Waals surface area contributed by atoms with Crippen molar-refractivity contribution in [2.24, 2.45) is 4.99 Å². The highest BCUT2D eigenvalue weighted by atomic mass is 32.1. The van der Waals surface area contributed by atoms with Gasteiger partial charge in [-0.3, -0.25) is 0 Å². The average molecular weight is 356 g/mol. The predicted molar refractivity (Wildman–Crippen MR) is 102 cm³/mol. The van der Waals surface area contributed by atoms with E-state index in [0.717, 1.165) is 18.6 Å². The number of esters is 1. The molecule has 0 radical (unpaired) electrons. The average Bonchev–Trinajstić information content (AvgIpc) is 2.58. The number of rotatable bonds is 16. The smallest absolute Gasteiger partial charge is 0.335 e. The van der Waals surface area contributed by atoms with Gasteiger partial charge in [-0.25, -0.2) is 9.59 Å². The summed E-state index contributed by atoms with van der Waals surface area (Å²) in [7, 11) is 0. The summed E-state index contributed by atoms with van der Waals surface area (Å²) in [6.45, 7) is 5.75. The van der Waals surface area contributed by atoms with Crippen molar-refractivity contribution in [2.45, 2.75) is 83.6 Å². The fraction of sp³-hybridized carbons (Fsp3) is 0.789. The number of nitrogens with zero attached hydrogens (tertiary/aromatic N) is 1. The molecule has 0 fully saturated rings. The van der Waals surface area contributed by atoms with Gasteiger partial charge in [0.15, 0.2) is 0 Å². The van der Waals surface area contributed by atoms with Crippen molar-refractivity contribution in [1.29, 1.82) is 0 Å². The predicted octanol–water partition coefficient (Wildman–Crippen LogP) is 5.03. The van der Waals surface area contributed by atoms with Gasteiger partial charge in [-0.15, -0.1) is 0 Å². The van der Waals surface area contributed by atoms with Gasteiger partial charge >= 0.3 is 5.97 Å². The maximum atomic E-state index is 11.6. The maximum absolute atomic E-state index is 11.6. The molecular weight excluding hydrogens is 322 g/mol. The highest BCUT2D eigenvalue weighted by molar-refractivity contribution is 7.80. The Bertz CT molecular complexity index is 392. The molecule has 0 rings (SSSR count). The summed E-state index contributed by atoms with van der Waals surface area (Å²) < 4.78 is 4.91. The third kappa shape index (κ3) is 12.4. The van der Waals surface area contributed by atoms with Crippen molar-refractivity contribution < 1.29 is 14.3 Å². The molecule has 0 saturated heterocycles. The number of hydrogen-bond acceptors (Lipinski definition) is 5. The third-order valence-electron chi connectivity index (χ3n) is 4.03. The highest BCUT2D eigenvalue weighted by Gasteiger charge is 2.19. The first-order chi connectivity index (χ1) is 11.7. The number of thiol groups is 1. The second-order valence-corrected chi connectivity index (χ2v) is 6.48. The fourth-order valence-electron chi connectivity index (χ4n) is 2.60. The molecule has 0 spiro atoms. The van der Waals surface area contributed by atoms with Crippen molar-refractivity contribution in [3.63, 3.8) is 0 Å². The summed E-state index contributed by atoms with van der Waals surface area (Å²) in [5.41, 5.74) is 0.251. The van der Waals surface area contributed by atoms with E-state index in [1.54, 1.807) is 6.92 Å². The normalized spacial score (nSPS) is 11.6. The lowest BCUT2D eigenvalue weighted by molar-refractivity contribution is -0.138. The van der Waals surface area contributed by atoms with Crippen LogP contribution in [0.1, 0.15) is 77.6 Å². The van der Waals surface area contributed by atoms with E-state index in [2.05, 4.69) is 24.2 Å². The second kappa shape index (κ2) is 16.8. The monoisotopic (exact) mass is 355 g/mol. The minimum atomic E-state index is -0.492. The molecule has 5 heteroatoms. The van der Waals surface area contributed by atoms with Crippen LogP contribution >= 0.6 is 12.6 Å². The zero-order valence-corrected chi connectivity index (χ0v) is 16.0. The lowest BCUT2D eigenvalue weighted by atomic mass is 10.0. The first kappa shape index (κ1) is 22.9. The van der Waals surface area contributed by atoms with E-state index in [1.165, 1.54) is 57.4 Å². The van der Waals surface area contributed by atoms with Gasteiger partial charge in [0.1, 0.15) is 0 Å². The molecule has 0 aliphatic rings. The summed E-state index contributed by atoms with van der Waals surface area (Å²) >= 11 is 4.21. The molecule has 0 aliphatic carbocycles. The van der Waals surface area contributed by atoms with Crippen LogP contribution in [0.3, 0.4) is 0 Å². The topological polar surface area (TPSA) is 55.7 Å². The lowest BCUT2D eigenvalue weighted by Crippen LogP contribution is -2.18. The highest BCUT2D eigenvalue weighted by Crippen LogP contribution is 2.17. The first-order valence-electron chi connectivity index (χ1n) is 9.21. The minimum absolute atomic E-state index is 0.251. The third-order valence-corrected chi connectivity index (χ3v) is 4.35. The SMILES string of the molecule is C=C(C(=O)OCC)C(CCCCCCCCCCCCS)N=C=O. The second-order valence-electron chi connectivity index (χ2n) is 6.03. The van der Waals surface area contributed by atoms with Crippen molar-refractivity contribution in [3.05, 3.63) is 12.2 Å². The van der Waals surface area contributed by atoms with Crippen LogP contribution in [0.5, 0.6) is 0 Å². The summed E-state index contributed by atoms with van der Waals surface area (Å²) in [6.07, 6.45) is 14.4. The van der Waals surface area contributed by atoms with Crippen LogP contribution in [-0.2, 0) is 14.3 Å². The number of hydrogen-bond donors (Lipinski definition) is 1. The van der Waals surface area contributed by atoms with Gasteiger partial charge in [-0.05, 0) is 25.5 Å². The Balaban J connectivity index is 3.73. The summed E-state index contributed by atoms with van der Waals surface area (Å²) in [4.78, 5) is 25.9. The standard InChI is InChI=1S/C19H33NO3S/c1-3-23-19(22)17(2)18(20-16-21)14-12-10-8-6-4-5-7-9-11-13-15-24/h18,24H,2-15H2,1H3. The molecule has 0 bridgehead atoms. The molecule has 1 atom stereocenters. The van der Waals surface area contributed by atoms with Crippen molar-refractivity contribution in [1.82, 2.24) is 0 Å². The van der Waals surface area contributed by atoms with Gasteiger partial charge < -0.3 is 4.74 Å². The Morgan fingerprint density at radius 1 is 1.04 bits per heavy atom. The first-order valence-corrected chi connectivity index (χ1v) is 9.84. The molecule has 0 amide bonds. The number of isocyanates is 1. The Morgan fingerprint density at radius 3 is 2.00 bits per heavy atom. The Kier molecular flexibility index (Phi) is 16.0. The zero-order chi connectivity index (χ0) is 18.0. The molecule has 0 aliphatic heterocycles. The quantitative estimate of drug-likeness (QED) is 0.105. The van der Waals surface area contributed by atoms with Gasteiger partial charge in [-0.1, -0.05) is 64.4 Å². The molecule has 1 unspecified atom stereocenters. The van der Waals surface area contributed by atoms with E-state index in [-0.39, 0.29) is 5.57 Å².